The number of nitrogens with zero attached hydrogens (tertiary/aromatic N) is 1. The SMILES string of the molecule is [C-]#[N+]C1=C[C@](C)(/C=C/C(=O)C(C)(C)C(=O)/C=C/c2ccc(C)c(OC)c2)CC(C)(C)C1=O. The number of benzene rings is 1. The first-order valence-electron chi connectivity index (χ1n) is 10.5. The highest BCUT2D eigenvalue weighted by Crippen LogP contribution is 2.44. The smallest absolute Gasteiger partial charge is 0.226 e. The highest BCUT2D eigenvalue weighted by Gasteiger charge is 2.42. The van der Waals surface area contributed by atoms with Crippen LogP contribution >= 0.6 is 0 Å². The molecule has 0 saturated heterocycles. The molecular weight excluding hydrogens is 402 g/mol. The van der Waals surface area contributed by atoms with Gasteiger partial charge >= 0.3 is 0 Å². The molecule has 0 heterocycles. The second-order valence-electron chi connectivity index (χ2n) is 9.79. The summed E-state index contributed by atoms with van der Waals surface area (Å²) in [5.74, 6) is -0.0966. The van der Waals surface area contributed by atoms with Crippen LogP contribution in [0.3, 0.4) is 0 Å². The standard InChI is InChI=1S/C27H31NO4/c1-18-9-10-19(15-21(18)32-8)11-12-22(29)26(4,5)23(30)13-14-27(6)16-20(28-7)24(31)25(2,3)17-27/h9-16H,17H2,1-6,8H3/b12-11+,14-13+/t27-/m0/s1. The quantitative estimate of drug-likeness (QED) is 0.321. The molecular formula is C27H31NO4. The maximum atomic E-state index is 12.9. The number of allylic oxidation sites excluding steroid dienone is 5. The van der Waals surface area contributed by atoms with Crippen LogP contribution in [0.25, 0.3) is 10.9 Å². The van der Waals surface area contributed by atoms with Gasteiger partial charge < -0.3 is 9.53 Å². The highest BCUT2D eigenvalue weighted by atomic mass is 16.5. The Balaban J connectivity index is 2.22. The van der Waals surface area contributed by atoms with Gasteiger partial charge in [0.2, 0.25) is 5.70 Å². The Morgan fingerprint density at radius 2 is 1.78 bits per heavy atom. The summed E-state index contributed by atoms with van der Waals surface area (Å²) in [6.45, 7) is 17.9. The molecule has 0 spiro atoms. The Hall–Kier alpha value is -3.26. The molecule has 1 aromatic carbocycles. The third-order valence-corrected chi connectivity index (χ3v) is 5.96. The second-order valence-corrected chi connectivity index (χ2v) is 9.79. The monoisotopic (exact) mass is 433 g/mol. The van der Waals surface area contributed by atoms with Crippen LogP contribution < -0.4 is 4.74 Å². The number of hydrogen-bond donors (Lipinski definition) is 0. The first kappa shape index (κ1) is 25.0. The highest BCUT2D eigenvalue weighted by molar-refractivity contribution is 6.15. The van der Waals surface area contributed by atoms with Gasteiger partial charge in [0, 0.05) is 5.41 Å². The van der Waals surface area contributed by atoms with E-state index in [1.165, 1.54) is 12.2 Å². The zero-order chi connectivity index (χ0) is 24.3. The maximum Gasteiger partial charge on any atom is 0.226 e. The largest absolute Gasteiger partial charge is 0.496 e. The first-order chi connectivity index (χ1) is 14.8. The minimum absolute atomic E-state index is 0.0904. The molecule has 1 aliphatic carbocycles. The van der Waals surface area contributed by atoms with Crippen molar-refractivity contribution in [3.05, 3.63) is 70.7 Å². The minimum Gasteiger partial charge on any atom is -0.496 e. The van der Waals surface area contributed by atoms with Crippen molar-refractivity contribution < 1.29 is 19.1 Å². The predicted octanol–water partition coefficient (Wildman–Crippen LogP) is 5.55. The molecule has 168 valence electrons. The summed E-state index contributed by atoms with van der Waals surface area (Å²) < 4.78 is 5.31. The first-order valence-corrected chi connectivity index (χ1v) is 10.5. The van der Waals surface area contributed by atoms with Gasteiger partial charge in [-0.15, -0.1) is 0 Å². The van der Waals surface area contributed by atoms with E-state index in [-0.39, 0.29) is 23.0 Å². The molecule has 0 unspecified atom stereocenters. The summed E-state index contributed by atoms with van der Waals surface area (Å²) in [7, 11) is 1.59. The van der Waals surface area contributed by atoms with E-state index in [1.54, 1.807) is 53.0 Å². The number of ether oxygens (including phenoxy) is 1. The van der Waals surface area contributed by atoms with Crippen LogP contribution in [0.1, 0.15) is 52.2 Å². The molecule has 0 radical (unpaired) electrons. The molecule has 0 bridgehead atoms. The van der Waals surface area contributed by atoms with Crippen LogP contribution in [0.2, 0.25) is 0 Å². The number of methoxy groups -OCH3 is 1. The van der Waals surface area contributed by atoms with Gasteiger partial charge in [0.05, 0.1) is 19.1 Å². The lowest BCUT2D eigenvalue weighted by atomic mass is 9.66. The normalized spacial score (nSPS) is 20.8. The van der Waals surface area contributed by atoms with Gasteiger partial charge in [0.25, 0.3) is 0 Å². The fraction of sp³-hybridized carbons (Fsp3) is 0.407. The molecule has 5 heteroatoms. The van der Waals surface area contributed by atoms with Crippen LogP contribution in [0.15, 0.2) is 48.2 Å². The molecule has 0 fully saturated rings. The third-order valence-electron chi connectivity index (χ3n) is 5.96. The number of aryl methyl sites for hydroxylation is 1. The number of rotatable bonds is 7. The molecule has 5 nitrogen and oxygen atoms in total. The fourth-order valence-corrected chi connectivity index (χ4v) is 3.91. The molecule has 0 saturated carbocycles. The van der Waals surface area contributed by atoms with Crippen molar-refractivity contribution in [1.82, 2.24) is 0 Å². The zero-order valence-corrected chi connectivity index (χ0v) is 19.9. The fourth-order valence-electron chi connectivity index (χ4n) is 3.91. The van der Waals surface area contributed by atoms with Crippen molar-refractivity contribution in [2.24, 2.45) is 16.2 Å². The molecule has 1 aromatic rings. The number of carbonyl (C=O) groups is 3. The van der Waals surface area contributed by atoms with E-state index in [4.69, 9.17) is 11.3 Å². The van der Waals surface area contributed by atoms with Crippen LogP contribution in [-0.2, 0) is 14.4 Å². The van der Waals surface area contributed by atoms with E-state index in [1.807, 2.05) is 32.0 Å². The van der Waals surface area contributed by atoms with Gasteiger partial charge in [-0.3, -0.25) is 9.59 Å². The lowest BCUT2D eigenvalue weighted by Crippen LogP contribution is -2.36. The summed E-state index contributed by atoms with van der Waals surface area (Å²) in [6, 6.07) is 5.62. The Morgan fingerprint density at radius 3 is 2.38 bits per heavy atom. The molecule has 0 aromatic heterocycles. The van der Waals surface area contributed by atoms with Crippen LogP contribution in [0, 0.1) is 29.7 Å². The Kier molecular flexibility index (Phi) is 7.09. The van der Waals surface area contributed by atoms with Gasteiger partial charge in [0.15, 0.2) is 17.3 Å². The Labute approximate surface area is 190 Å². The zero-order valence-electron chi connectivity index (χ0n) is 19.9. The third kappa shape index (κ3) is 5.31. The van der Waals surface area contributed by atoms with E-state index >= 15 is 0 Å². The van der Waals surface area contributed by atoms with Crippen molar-refractivity contribution in [1.29, 1.82) is 0 Å². The second kappa shape index (κ2) is 9.08. The molecule has 0 aliphatic heterocycles. The van der Waals surface area contributed by atoms with Crippen molar-refractivity contribution in [2.75, 3.05) is 7.11 Å². The average Bonchev–Trinajstić information content (AvgIpc) is 2.73. The Bertz CT molecular complexity index is 1080. The number of hydrogen-bond acceptors (Lipinski definition) is 4. The molecule has 0 N–H and O–H groups in total. The van der Waals surface area contributed by atoms with Gasteiger partial charge in [0.1, 0.15) is 5.75 Å². The maximum absolute atomic E-state index is 12.9. The van der Waals surface area contributed by atoms with Crippen LogP contribution in [-0.4, -0.2) is 24.5 Å². The van der Waals surface area contributed by atoms with Gasteiger partial charge in [-0.05, 0) is 62.0 Å². The summed E-state index contributed by atoms with van der Waals surface area (Å²) in [5, 5.41) is 0. The molecule has 1 atom stereocenters. The van der Waals surface area contributed by atoms with Crippen molar-refractivity contribution in [3.63, 3.8) is 0 Å². The lowest BCUT2D eigenvalue weighted by molar-refractivity contribution is -0.133. The summed E-state index contributed by atoms with van der Waals surface area (Å²) in [4.78, 5) is 41.5. The topological polar surface area (TPSA) is 64.8 Å². The van der Waals surface area contributed by atoms with Crippen molar-refractivity contribution in [3.8, 4) is 5.75 Å². The molecule has 2 rings (SSSR count). The summed E-state index contributed by atoms with van der Waals surface area (Å²) in [6.07, 6.45) is 8.30. The van der Waals surface area contributed by atoms with E-state index in [2.05, 4.69) is 4.85 Å². The lowest BCUT2D eigenvalue weighted by Gasteiger charge is -2.37. The number of ketones is 3. The summed E-state index contributed by atoms with van der Waals surface area (Å²) in [5.41, 5.74) is -0.677. The number of carbonyl (C=O) groups excluding carboxylic acids is 3. The molecule has 32 heavy (non-hydrogen) atoms. The molecule has 0 amide bonds. The van der Waals surface area contributed by atoms with E-state index < -0.39 is 16.2 Å². The van der Waals surface area contributed by atoms with Gasteiger partial charge in [-0.2, -0.15) is 0 Å². The minimum atomic E-state index is -1.25. The van der Waals surface area contributed by atoms with Crippen LogP contribution in [0.4, 0.5) is 0 Å². The van der Waals surface area contributed by atoms with Gasteiger partial charge in [-0.25, -0.2) is 4.85 Å². The van der Waals surface area contributed by atoms with E-state index in [0.29, 0.717) is 6.42 Å². The average molecular weight is 434 g/mol. The molecule has 1 aliphatic rings. The van der Waals surface area contributed by atoms with Crippen molar-refractivity contribution >= 4 is 23.4 Å². The summed E-state index contributed by atoms with van der Waals surface area (Å²) >= 11 is 0. The van der Waals surface area contributed by atoms with E-state index in [0.717, 1.165) is 16.9 Å². The van der Waals surface area contributed by atoms with E-state index in [9.17, 15) is 14.4 Å². The predicted molar refractivity (Wildman–Crippen MR) is 126 cm³/mol. The van der Waals surface area contributed by atoms with Gasteiger partial charge in [-0.1, -0.05) is 51.1 Å². The Morgan fingerprint density at radius 1 is 1.16 bits per heavy atom. The van der Waals surface area contributed by atoms with Crippen LogP contribution in [0.5, 0.6) is 5.75 Å². The van der Waals surface area contributed by atoms with Crippen molar-refractivity contribution in [2.45, 2.75) is 48.0 Å². The number of Topliss-reactive ketones (excluding diaryl/α,β-unsaturated/α-hetero) is 1.